The number of phenolic OH excluding ortho intramolecular Hbond substituents is 1. The van der Waals surface area contributed by atoms with Crippen molar-refractivity contribution in [3.63, 3.8) is 0 Å². The summed E-state index contributed by atoms with van der Waals surface area (Å²) in [4.78, 5) is 16.3. The number of benzene rings is 2. The number of phenols is 1. The molecule has 0 radical (unpaired) electrons. The maximum atomic E-state index is 12.4. The van der Waals surface area contributed by atoms with Gasteiger partial charge in [-0.3, -0.25) is 4.79 Å². The van der Waals surface area contributed by atoms with Gasteiger partial charge in [-0.05, 0) is 29.8 Å². The van der Waals surface area contributed by atoms with Crippen molar-refractivity contribution in [1.82, 2.24) is 4.90 Å². The Balaban J connectivity index is 1.60. The second-order valence-electron chi connectivity index (χ2n) is 5.86. The third-order valence-corrected chi connectivity index (χ3v) is 4.27. The number of piperazine rings is 1. The number of anilines is 1. The van der Waals surface area contributed by atoms with E-state index in [0.29, 0.717) is 18.7 Å². The van der Waals surface area contributed by atoms with Crippen LogP contribution in [0.15, 0.2) is 54.6 Å². The van der Waals surface area contributed by atoms with Gasteiger partial charge < -0.3 is 14.9 Å². The third-order valence-electron chi connectivity index (χ3n) is 4.27. The van der Waals surface area contributed by atoms with Gasteiger partial charge in [-0.1, -0.05) is 24.3 Å². The van der Waals surface area contributed by atoms with Gasteiger partial charge in [0.25, 0.3) is 0 Å². The molecule has 2 aromatic rings. The van der Waals surface area contributed by atoms with Crippen molar-refractivity contribution >= 4 is 17.7 Å². The standard InChI is InChI=1S/C20H19N3O2/c21-15-17-5-2-1-4-16(17)8-9-20(25)23-12-10-22(11-13-23)18-6-3-7-19(24)14-18/h1-9,14,24H,10-13H2/b9-8+. The summed E-state index contributed by atoms with van der Waals surface area (Å²) in [5.41, 5.74) is 2.27. The Hall–Kier alpha value is -3.26. The Morgan fingerprint density at radius 1 is 1.08 bits per heavy atom. The molecule has 5 heteroatoms. The topological polar surface area (TPSA) is 67.6 Å². The van der Waals surface area contributed by atoms with Gasteiger partial charge in [0.2, 0.25) is 5.91 Å². The number of hydrogen-bond acceptors (Lipinski definition) is 4. The Morgan fingerprint density at radius 3 is 2.56 bits per heavy atom. The second-order valence-corrected chi connectivity index (χ2v) is 5.86. The number of carbonyl (C=O) groups excluding carboxylic acids is 1. The molecule has 2 aromatic carbocycles. The third kappa shape index (κ3) is 3.99. The van der Waals surface area contributed by atoms with E-state index in [9.17, 15) is 9.90 Å². The molecule has 1 N–H and O–H groups in total. The average molecular weight is 333 g/mol. The van der Waals surface area contributed by atoms with E-state index >= 15 is 0 Å². The Morgan fingerprint density at radius 2 is 1.84 bits per heavy atom. The van der Waals surface area contributed by atoms with Crippen molar-refractivity contribution in [2.75, 3.05) is 31.1 Å². The summed E-state index contributed by atoms with van der Waals surface area (Å²) in [5.74, 6) is 0.193. The minimum Gasteiger partial charge on any atom is -0.508 e. The number of nitrogens with zero attached hydrogens (tertiary/aromatic N) is 3. The maximum Gasteiger partial charge on any atom is 0.246 e. The summed E-state index contributed by atoms with van der Waals surface area (Å²) in [6.45, 7) is 2.69. The lowest BCUT2D eigenvalue weighted by Crippen LogP contribution is -2.48. The van der Waals surface area contributed by atoms with E-state index in [1.807, 2.05) is 24.3 Å². The van der Waals surface area contributed by atoms with Gasteiger partial charge in [0.1, 0.15) is 5.75 Å². The molecule has 1 saturated heterocycles. The fraction of sp³-hybridized carbons (Fsp3) is 0.200. The second kappa shape index (κ2) is 7.54. The Kier molecular flexibility index (Phi) is 5.00. The highest BCUT2D eigenvalue weighted by atomic mass is 16.3. The van der Waals surface area contributed by atoms with E-state index in [2.05, 4.69) is 11.0 Å². The zero-order chi connectivity index (χ0) is 17.6. The monoisotopic (exact) mass is 333 g/mol. The van der Waals surface area contributed by atoms with E-state index in [-0.39, 0.29) is 11.7 Å². The first-order chi connectivity index (χ1) is 12.2. The predicted molar refractivity (Wildman–Crippen MR) is 97.1 cm³/mol. The van der Waals surface area contributed by atoms with Crippen LogP contribution < -0.4 is 4.90 Å². The first-order valence-corrected chi connectivity index (χ1v) is 8.17. The molecule has 126 valence electrons. The van der Waals surface area contributed by atoms with Gasteiger partial charge in [0.05, 0.1) is 11.6 Å². The highest BCUT2D eigenvalue weighted by molar-refractivity contribution is 5.92. The van der Waals surface area contributed by atoms with E-state index in [1.54, 1.807) is 35.2 Å². The number of carbonyl (C=O) groups is 1. The molecule has 1 aliphatic rings. The number of amides is 1. The number of hydrogen-bond donors (Lipinski definition) is 1. The number of rotatable bonds is 3. The molecule has 1 heterocycles. The molecule has 0 bridgehead atoms. The first kappa shape index (κ1) is 16.6. The highest BCUT2D eigenvalue weighted by Crippen LogP contribution is 2.21. The number of aromatic hydroxyl groups is 1. The summed E-state index contributed by atoms with van der Waals surface area (Å²) in [6.07, 6.45) is 3.22. The first-order valence-electron chi connectivity index (χ1n) is 8.17. The largest absolute Gasteiger partial charge is 0.508 e. The Bertz CT molecular complexity index is 831. The fourth-order valence-corrected chi connectivity index (χ4v) is 2.89. The van der Waals surface area contributed by atoms with Gasteiger partial charge >= 0.3 is 0 Å². The minimum absolute atomic E-state index is 0.0525. The lowest BCUT2D eigenvalue weighted by molar-refractivity contribution is -0.126. The molecule has 5 nitrogen and oxygen atoms in total. The fourth-order valence-electron chi connectivity index (χ4n) is 2.89. The molecular formula is C20H19N3O2. The smallest absolute Gasteiger partial charge is 0.246 e. The van der Waals surface area contributed by atoms with Crippen LogP contribution in [0, 0.1) is 11.3 Å². The van der Waals surface area contributed by atoms with Gasteiger partial charge in [-0.2, -0.15) is 5.26 Å². The molecule has 0 aliphatic carbocycles. The molecule has 0 spiro atoms. The molecule has 25 heavy (non-hydrogen) atoms. The van der Waals surface area contributed by atoms with Crippen LogP contribution >= 0.6 is 0 Å². The molecule has 0 unspecified atom stereocenters. The van der Waals surface area contributed by atoms with Crippen LogP contribution in [0.5, 0.6) is 5.75 Å². The zero-order valence-electron chi connectivity index (χ0n) is 13.8. The predicted octanol–water partition coefficient (Wildman–Crippen LogP) is 2.63. The van der Waals surface area contributed by atoms with E-state index in [1.165, 1.54) is 6.08 Å². The van der Waals surface area contributed by atoms with E-state index in [0.717, 1.165) is 24.3 Å². The van der Waals surface area contributed by atoms with Crippen molar-refractivity contribution in [1.29, 1.82) is 5.26 Å². The molecule has 0 saturated carbocycles. The van der Waals surface area contributed by atoms with Crippen molar-refractivity contribution in [2.45, 2.75) is 0 Å². The summed E-state index contributed by atoms with van der Waals surface area (Å²) in [6, 6.07) is 16.5. The quantitative estimate of drug-likeness (QED) is 0.877. The Labute approximate surface area is 147 Å². The van der Waals surface area contributed by atoms with E-state index < -0.39 is 0 Å². The molecule has 0 aromatic heterocycles. The molecule has 1 fully saturated rings. The summed E-state index contributed by atoms with van der Waals surface area (Å²) in [5, 5.41) is 18.7. The highest BCUT2D eigenvalue weighted by Gasteiger charge is 2.20. The molecule has 1 aliphatic heterocycles. The molecule has 3 rings (SSSR count). The van der Waals surface area contributed by atoms with Gasteiger partial charge in [-0.25, -0.2) is 0 Å². The lowest BCUT2D eigenvalue weighted by atomic mass is 10.1. The van der Waals surface area contributed by atoms with Crippen LogP contribution in [0.1, 0.15) is 11.1 Å². The van der Waals surface area contributed by atoms with Crippen molar-refractivity contribution < 1.29 is 9.90 Å². The SMILES string of the molecule is N#Cc1ccccc1/C=C/C(=O)N1CCN(c2cccc(O)c2)CC1. The number of nitriles is 1. The van der Waals surface area contributed by atoms with Crippen LogP contribution in [0.3, 0.4) is 0 Å². The zero-order valence-corrected chi connectivity index (χ0v) is 13.8. The molecular weight excluding hydrogens is 314 g/mol. The van der Waals surface area contributed by atoms with E-state index in [4.69, 9.17) is 5.26 Å². The summed E-state index contributed by atoms with van der Waals surface area (Å²) >= 11 is 0. The van der Waals surface area contributed by atoms with Gasteiger partial charge in [0, 0.05) is 44.0 Å². The lowest BCUT2D eigenvalue weighted by Gasteiger charge is -2.35. The summed E-state index contributed by atoms with van der Waals surface area (Å²) in [7, 11) is 0. The van der Waals surface area contributed by atoms with Crippen LogP contribution in [-0.4, -0.2) is 42.1 Å². The van der Waals surface area contributed by atoms with Crippen molar-refractivity contribution in [3.8, 4) is 11.8 Å². The van der Waals surface area contributed by atoms with Crippen LogP contribution in [0.4, 0.5) is 5.69 Å². The van der Waals surface area contributed by atoms with Crippen LogP contribution in [-0.2, 0) is 4.79 Å². The van der Waals surface area contributed by atoms with Gasteiger partial charge in [0.15, 0.2) is 0 Å². The van der Waals surface area contributed by atoms with Crippen molar-refractivity contribution in [3.05, 3.63) is 65.7 Å². The van der Waals surface area contributed by atoms with Crippen molar-refractivity contribution in [2.24, 2.45) is 0 Å². The normalized spacial score (nSPS) is 14.5. The maximum absolute atomic E-state index is 12.4. The van der Waals surface area contributed by atoms with Gasteiger partial charge in [-0.15, -0.1) is 0 Å². The molecule has 0 atom stereocenters. The van der Waals surface area contributed by atoms with Crippen LogP contribution in [0.2, 0.25) is 0 Å². The summed E-state index contributed by atoms with van der Waals surface area (Å²) < 4.78 is 0. The average Bonchev–Trinajstić information content (AvgIpc) is 2.66. The van der Waals surface area contributed by atoms with Crippen LogP contribution in [0.25, 0.3) is 6.08 Å². The molecule has 1 amide bonds. The minimum atomic E-state index is -0.0525.